The zero-order chi connectivity index (χ0) is 13.9. The predicted molar refractivity (Wildman–Crippen MR) is 71.8 cm³/mol. The van der Waals surface area contributed by atoms with Crippen LogP contribution in [-0.2, 0) is 9.53 Å². The van der Waals surface area contributed by atoms with E-state index in [1.54, 1.807) is 27.7 Å². The van der Waals surface area contributed by atoms with E-state index in [1.165, 1.54) is 11.3 Å². The molecule has 0 spiro atoms. The average molecular weight is 269 g/mol. The molecule has 0 radical (unpaired) electrons. The van der Waals surface area contributed by atoms with Gasteiger partial charge in [-0.05, 0) is 51.6 Å². The van der Waals surface area contributed by atoms with E-state index in [0.717, 1.165) is 5.56 Å². The third kappa shape index (κ3) is 4.14. The summed E-state index contributed by atoms with van der Waals surface area (Å²) in [6.07, 6.45) is 0. The van der Waals surface area contributed by atoms with Crippen LogP contribution in [0.1, 0.15) is 42.9 Å². The normalized spacial score (nSPS) is 12.9. The molecule has 1 amide bonds. The number of aryl methyl sites for hydroxylation is 1. The van der Waals surface area contributed by atoms with Gasteiger partial charge in [-0.1, -0.05) is 0 Å². The third-order valence-electron chi connectivity index (χ3n) is 2.18. The molecule has 0 saturated heterocycles. The molecule has 4 nitrogen and oxygen atoms in total. The number of ether oxygens (including phenoxy) is 1. The van der Waals surface area contributed by atoms with Gasteiger partial charge in [-0.2, -0.15) is 0 Å². The number of thiophene rings is 1. The molecule has 5 heteroatoms. The molecular formula is C13H19NO3S. The van der Waals surface area contributed by atoms with E-state index >= 15 is 0 Å². The Kier molecular flexibility index (Phi) is 4.51. The second-order valence-corrected chi connectivity index (χ2v) is 6.08. The fraction of sp³-hybridized carbons (Fsp3) is 0.538. The van der Waals surface area contributed by atoms with Crippen LogP contribution < -0.4 is 5.32 Å². The van der Waals surface area contributed by atoms with Crippen molar-refractivity contribution in [1.82, 2.24) is 5.32 Å². The molecule has 18 heavy (non-hydrogen) atoms. The van der Waals surface area contributed by atoms with Crippen LogP contribution in [0.5, 0.6) is 0 Å². The van der Waals surface area contributed by atoms with Crippen molar-refractivity contribution in [3.8, 4) is 0 Å². The van der Waals surface area contributed by atoms with Gasteiger partial charge in [0.1, 0.15) is 11.6 Å². The van der Waals surface area contributed by atoms with E-state index in [2.05, 4.69) is 5.32 Å². The largest absolute Gasteiger partial charge is 0.458 e. The number of carbonyl (C=O) groups is 2. The first-order valence-corrected chi connectivity index (χ1v) is 6.66. The number of esters is 1. The number of carbonyl (C=O) groups excluding carboxylic acids is 2. The van der Waals surface area contributed by atoms with E-state index in [1.807, 2.05) is 18.4 Å². The van der Waals surface area contributed by atoms with Crippen molar-refractivity contribution >= 4 is 23.2 Å². The second kappa shape index (κ2) is 5.52. The van der Waals surface area contributed by atoms with E-state index in [0.29, 0.717) is 4.88 Å². The van der Waals surface area contributed by atoms with Gasteiger partial charge in [0.05, 0.1) is 4.88 Å². The summed E-state index contributed by atoms with van der Waals surface area (Å²) in [5.74, 6) is -0.661. The summed E-state index contributed by atoms with van der Waals surface area (Å²) in [6, 6.07) is 1.22. The molecule has 0 fully saturated rings. The fourth-order valence-electron chi connectivity index (χ4n) is 1.32. The van der Waals surface area contributed by atoms with E-state index in [4.69, 9.17) is 4.74 Å². The molecule has 1 aromatic heterocycles. The molecule has 0 aromatic carbocycles. The molecular weight excluding hydrogens is 250 g/mol. The quantitative estimate of drug-likeness (QED) is 0.858. The van der Waals surface area contributed by atoms with E-state index < -0.39 is 17.6 Å². The van der Waals surface area contributed by atoms with Gasteiger partial charge >= 0.3 is 5.97 Å². The number of amides is 1. The summed E-state index contributed by atoms with van der Waals surface area (Å²) in [5, 5.41) is 4.49. The van der Waals surface area contributed by atoms with Crippen LogP contribution in [0.15, 0.2) is 11.4 Å². The SMILES string of the molecule is Cc1ccsc1C(=O)N[C@H](C)C(=O)OC(C)(C)C. The van der Waals surface area contributed by atoms with Crippen LogP contribution in [0.3, 0.4) is 0 Å². The van der Waals surface area contributed by atoms with Crippen molar-refractivity contribution < 1.29 is 14.3 Å². The van der Waals surface area contributed by atoms with Crippen LogP contribution in [0.2, 0.25) is 0 Å². The molecule has 1 aromatic rings. The zero-order valence-electron chi connectivity index (χ0n) is 11.4. The van der Waals surface area contributed by atoms with E-state index in [9.17, 15) is 9.59 Å². The van der Waals surface area contributed by atoms with Gasteiger partial charge in [0.25, 0.3) is 5.91 Å². The van der Waals surface area contributed by atoms with Crippen LogP contribution in [0, 0.1) is 6.92 Å². The van der Waals surface area contributed by atoms with Crippen LogP contribution in [-0.4, -0.2) is 23.5 Å². The van der Waals surface area contributed by atoms with Gasteiger partial charge < -0.3 is 10.1 Å². The van der Waals surface area contributed by atoms with Gasteiger partial charge in [0.2, 0.25) is 0 Å². The van der Waals surface area contributed by atoms with Gasteiger partial charge in [-0.25, -0.2) is 4.79 Å². The fourth-order valence-corrected chi connectivity index (χ4v) is 2.14. The van der Waals surface area contributed by atoms with Crippen LogP contribution >= 0.6 is 11.3 Å². The third-order valence-corrected chi connectivity index (χ3v) is 3.19. The predicted octanol–water partition coefficient (Wildman–Crippen LogP) is 2.52. The van der Waals surface area contributed by atoms with Gasteiger partial charge in [-0.15, -0.1) is 11.3 Å². The first kappa shape index (κ1) is 14.7. The molecule has 1 N–H and O–H groups in total. The molecule has 0 saturated carbocycles. The first-order chi connectivity index (χ1) is 8.20. The number of nitrogens with one attached hydrogen (secondary N) is 1. The smallest absolute Gasteiger partial charge is 0.328 e. The topological polar surface area (TPSA) is 55.4 Å². The highest BCUT2D eigenvalue weighted by molar-refractivity contribution is 7.12. The Morgan fingerprint density at radius 3 is 2.44 bits per heavy atom. The summed E-state index contributed by atoms with van der Waals surface area (Å²) in [6.45, 7) is 8.87. The van der Waals surface area contributed by atoms with Crippen molar-refractivity contribution in [2.75, 3.05) is 0 Å². The van der Waals surface area contributed by atoms with Crippen molar-refractivity contribution in [2.45, 2.75) is 46.3 Å². The lowest BCUT2D eigenvalue weighted by Crippen LogP contribution is -2.42. The van der Waals surface area contributed by atoms with Crippen molar-refractivity contribution in [3.63, 3.8) is 0 Å². The summed E-state index contributed by atoms with van der Waals surface area (Å²) in [7, 11) is 0. The van der Waals surface area contributed by atoms with E-state index in [-0.39, 0.29) is 5.91 Å². The Morgan fingerprint density at radius 1 is 1.39 bits per heavy atom. The standard InChI is InChI=1S/C13H19NO3S/c1-8-6-7-18-10(8)11(15)14-9(2)12(16)17-13(3,4)5/h6-7,9H,1-5H3,(H,14,15)/t9-/m1/s1. The van der Waals surface area contributed by atoms with Crippen molar-refractivity contribution in [3.05, 3.63) is 21.9 Å². The highest BCUT2D eigenvalue weighted by Gasteiger charge is 2.24. The maximum absolute atomic E-state index is 11.9. The minimum atomic E-state index is -0.654. The molecule has 100 valence electrons. The van der Waals surface area contributed by atoms with Crippen molar-refractivity contribution in [1.29, 1.82) is 0 Å². The lowest BCUT2D eigenvalue weighted by atomic mass is 10.2. The van der Waals surface area contributed by atoms with Gasteiger partial charge in [0, 0.05) is 0 Å². The summed E-state index contributed by atoms with van der Waals surface area (Å²) < 4.78 is 5.20. The molecule has 0 aliphatic carbocycles. The van der Waals surface area contributed by atoms with Crippen LogP contribution in [0.25, 0.3) is 0 Å². The Hall–Kier alpha value is -1.36. The Labute approximate surface area is 111 Å². The van der Waals surface area contributed by atoms with Crippen molar-refractivity contribution in [2.24, 2.45) is 0 Å². The average Bonchev–Trinajstić information content (AvgIpc) is 2.61. The molecule has 0 aliphatic rings. The maximum Gasteiger partial charge on any atom is 0.328 e. The van der Waals surface area contributed by atoms with Gasteiger partial charge in [-0.3, -0.25) is 4.79 Å². The molecule has 1 atom stereocenters. The molecule has 1 heterocycles. The zero-order valence-corrected chi connectivity index (χ0v) is 12.2. The number of hydrogen-bond donors (Lipinski definition) is 1. The lowest BCUT2D eigenvalue weighted by Gasteiger charge is -2.22. The Morgan fingerprint density at radius 2 is 2.00 bits per heavy atom. The Balaban J connectivity index is 2.60. The first-order valence-electron chi connectivity index (χ1n) is 5.78. The lowest BCUT2D eigenvalue weighted by molar-refractivity contribution is -0.156. The molecule has 0 aliphatic heterocycles. The maximum atomic E-state index is 11.9. The highest BCUT2D eigenvalue weighted by atomic mass is 32.1. The Bertz CT molecular complexity index is 445. The minimum absolute atomic E-state index is 0.235. The number of hydrogen-bond acceptors (Lipinski definition) is 4. The highest BCUT2D eigenvalue weighted by Crippen LogP contribution is 2.15. The molecule has 0 unspecified atom stereocenters. The summed E-state index contributed by atoms with van der Waals surface area (Å²) in [5.41, 5.74) is 0.364. The summed E-state index contributed by atoms with van der Waals surface area (Å²) in [4.78, 5) is 24.2. The molecule has 1 rings (SSSR count). The minimum Gasteiger partial charge on any atom is -0.458 e. The number of rotatable bonds is 3. The second-order valence-electron chi connectivity index (χ2n) is 5.16. The summed E-state index contributed by atoms with van der Waals surface area (Å²) >= 11 is 1.36. The molecule has 0 bridgehead atoms. The van der Waals surface area contributed by atoms with Crippen LogP contribution in [0.4, 0.5) is 0 Å². The van der Waals surface area contributed by atoms with Gasteiger partial charge in [0.15, 0.2) is 0 Å². The monoisotopic (exact) mass is 269 g/mol.